The maximum Gasteiger partial charge on any atom is 0.136 e. The van der Waals surface area contributed by atoms with E-state index in [1.165, 1.54) is 11.3 Å². The van der Waals surface area contributed by atoms with Crippen molar-refractivity contribution >= 4 is 21.6 Å². The van der Waals surface area contributed by atoms with Gasteiger partial charge >= 0.3 is 0 Å². The first-order valence-electron chi connectivity index (χ1n) is 8.60. The lowest BCUT2D eigenvalue weighted by Gasteiger charge is -2.31. The van der Waals surface area contributed by atoms with E-state index < -0.39 is 0 Å². The lowest BCUT2D eigenvalue weighted by atomic mass is 10.1. The van der Waals surface area contributed by atoms with E-state index in [2.05, 4.69) is 50.4 Å². The highest BCUT2D eigenvalue weighted by atomic mass is 79.9. The Morgan fingerprint density at radius 2 is 2.00 bits per heavy atom. The third kappa shape index (κ3) is 4.55. The van der Waals surface area contributed by atoms with Crippen LogP contribution in [0.2, 0.25) is 0 Å². The molecule has 1 heterocycles. The number of rotatable bonds is 6. The minimum Gasteiger partial charge on any atom is -0.495 e. The normalized spacial score (nSPS) is 14.1. The van der Waals surface area contributed by atoms with E-state index in [4.69, 9.17) is 9.47 Å². The molecule has 0 bridgehead atoms. The second-order valence-corrected chi connectivity index (χ2v) is 7.04. The molecule has 1 aliphatic rings. The van der Waals surface area contributed by atoms with Crippen LogP contribution in [-0.2, 0) is 17.8 Å². The Bertz CT molecular complexity index is 798. The minimum absolute atomic E-state index is 0.560. The maximum atomic E-state index is 9.21. The van der Waals surface area contributed by atoms with E-state index in [1.807, 2.05) is 18.2 Å². The summed E-state index contributed by atoms with van der Waals surface area (Å²) >= 11 is 3.58. The van der Waals surface area contributed by atoms with Crippen molar-refractivity contribution in [3.8, 4) is 11.8 Å². The summed E-state index contributed by atoms with van der Waals surface area (Å²) in [6.45, 7) is 4.80. The Morgan fingerprint density at radius 3 is 2.73 bits per heavy atom. The van der Waals surface area contributed by atoms with Gasteiger partial charge in [0.1, 0.15) is 11.8 Å². The van der Waals surface area contributed by atoms with Gasteiger partial charge in [0.15, 0.2) is 0 Å². The molecular formula is C20H22BrN3O2. The average Bonchev–Trinajstić information content (AvgIpc) is 2.69. The Morgan fingerprint density at radius 1 is 1.19 bits per heavy atom. The van der Waals surface area contributed by atoms with E-state index in [9.17, 15) is 5.26 Å². The van der Waals surface area contributed by atoms with Gasteiger partial charge in [0.25, 0.3) is 0 Å². The SMILES string of the molecule is COc1ccc(CNCc2ccc(Br)cc2N2CCOCC2)cc1C#N. The molecule has 0 atom stereocenters. The summed E-state index contributed by atoms with van der Waals surface area (Å²) in [5.41, 5.74) is 4.11. The highest BCUT2D eigenvalue weighted by Crippen LogP contribution is 2.26. The third-order valence-corrected chi connectivity index (χ3v) is 4.92. The monoisotopic (exact) mass is 415 g/mol. The molecule has 1 fully saturated rings. The summed E-state index contributed by atoms with van der Waals surface area (Å²) in [6.07, 6.45) is 0. The predicted molar refractivity (Wildman–Crippen MR) is 105 cm³/mol. The molecule has 26 heavy (non-hydrogen) atoms. The lowest BCUT2D eigenvalue weighted by Crippen LogP contribution is -2.37. The average molecular weight is 416 g/mol. The number of morpholine rings is 1. The first-order valence-corrected chi connectivity index (χ1v) is 9.39. The third-order valence-electron chi connectivity index (χ3n) is 4.43. The Kier molecular flexibility index (Phi) is 6.51. The van der Waals surface area contributed by atoms with Crippen molar-refractivity contribution in [3.63, 3.8) is 0 Å². The summed E-state index contributed by atoms with van der Waals surface area (Å²) in [4.78, 5) is 2.37. The molecule has 0 aromatic heterocycles. The smallest absolute Gasteiger partial charge is 0.136 e. The summed E-state index contributed by atoms with van der Waals surface area (Å²) < 4.78 is 11.7. The zero-order valence-corrected chi connectivity index (χ0v) is 16.4. The molecule has 1 aliphatic heterocycles. The summed E-state index contributed by atoms with van der Waals surface area (Å²) in [5, 5.41) is 12.7. The quantitative estimate of drug-likeness (QED) is 0.782. The molecule has 1 N–H and O–H groups in total. The Hall–Kier alpha value is -2.07. The van der Waals surface area contributed by atoms with Crippen LogP contribution in [0.1, 0.15) is 16.7 Å². The van der Waals surface area contributed by atoms with Crippen molar-refractivity contribution in [2.75, 3.05) is 38.3 Å². The van der Waals surface area contributed by atoms with Crippen LogP contribution < -0.4 is 15.0 Å². The summed E-state index contributed by atoms with van der Waals surface area (Å²) in [5.74, 6) is 0.610. The summed E-state index contributed by atoms with van der Waals surface area (Å²) in [6, 6.07) is 14.3. The molecule has 6 heteroatoms. The van der Waals surface area contributed by atoms with Crippen LogP contribution >= 0.6 is 15.9 Å². The molecule has 0 aliphatic carbocycles. The van der Waals surface area contributed by atoms with Gasteiger partial charge in [-0.25, -0.2) is 0 Å². The topological polar surface area (TPSA) is 57.5 Å². The lowest BCUT2D eigenvalue weighted by molar-refractivity contribution is 0.122. The molecule has 2 aromatic carbocycles. The van der Waals surface area contributed by atoms with E-state index in [1.54, 1.807) is 7.11 Å². The Labute approximate surface area is 162 Å². The second kappa shape index (κ2) is 9.04. The number of hydrogen-bond donors (Lipinski definition) is 1. The highest BCUT2D eigenvalue weighted by molar-refractivity contribution is 9.10. The number of methoxy groups -OCH3 is 1. The molecule has 0 spiro atoms. The van der Waals surface area contributed by atoms with E-state index in [0.29, 0.717) is 17.9 Å². The van der Waals surface area contributed by atoms with Crippen molar-refractivity contribution in [2.45, 2.75) is 13.1 Å². The highest BCUT2D eigenvalue weighted by Gasteiger charge is 2.15. The molecule has 3 rings (SSSR count). The largest absolute Gasteiger partial charge is 0.495 e. The number of hydrogen-bond acceptors (Lipinski definition) is 5. The van der Waals surface area contributed by atoms with Gasteiger partial charge in [-0.2, -0.15) is 5.26 Å². The van der Waals surface area contributed by atoms with E-state index >= 15 is 0 Å². The van der Waals surface area contributed by atoms with Crippen LogP contribution in [0, 0.1) is 11.3 Å². The zero-order chi connectivity index (χ0) is 18.4. The molecule has 0 radical (unpaired) electrons. The van der Waals surface area contributed by atoms with Crippen LogP contribution in [0.4, 0.5) is 5.69 Å². The van der Waals surface area contributed by atoms with Crippen molar-refractivity contribution in [3.05, 3.63) is 57.6 Å². The van der Waals surface area contributed by atoms with Gasteiger partial charge in [-0.05, 0) is 35.4 Å². The number of nitrogens with one attached hydrogen (secondary N) is 1. The minimum atomic E-state index is 0.560. The van der Waals surface area contributed by atoms with Crippen molar-refractivity contribution in [2.24, 2.45) is 0 Å². The molecule has 2 aromatic rings. The van der Waals surface area contributed by atoms with E-state index in [-0.39, 0.29) is 0 Å². The second-order valence-electron chi connectivity index (χ2n) is 6.12. The predicted octanol–water partition coefficient (Wildman–Crippen LogP) is 3.46. The van der Waals surface area contributed by atoms with Crippen molar-refractivity contribution in [1.29, 1.82) is 5.26 Å². The number of benzene rings is 2. The standard InChI is InChI=1S/C20H22BrN3O2/c1-25-20-5-2-15(10-17(20)12-22)13-23-14-16-3-4-18(21)11-19(16)24-6-8-26-9-7-24/h2-5,10-11,23H,6-9,13-14H2,1H3. The number of ether oxygens (including phenoxy) is 2. The maximum absolute atomic E-state index is 9.21. The van der Waals surface area contributed by atoms with Crippen LogP contribution in [0.5, 0.6) is 5.75 Å². The first kappa shape index (κ1) is 18.7. The van der Waals surface area contributed by atoms with Crippen molar-refractivity contribution in [1.82, 2.24) is 5.32 Å². The number of nitriles is 1. The zero-order valence-electron chi connectivity index (χ0n) is 14.8. The molecule has 1 saturated heterocycles. The van der Waals surface area contributed by atoms with Gasteiger partial charge in [-0.3, -0.25) is 0 Å². The number of anilines is 1. The fourth-order valence-electron chi connectivity index (χ4n) is 3.08. The van der Waals surface area contributed by atoms with Crippen LogP contribution in [-0.4, -0.2) is 33.4 Å². The molecule has 0 unspecified atom stereocenters. The number of halogens is 1. The van der Waals surface area contributed by atoms with Crippen LogP contribution in [0.3, 0.4) is 0 Å². The first-order chi connectivity index (χ1) is 12.7. The van der Waals surface area contributed by atoms with Gasteiger partial charge in [-0.1, -0.05) is 28.1 Å². The molecular weight excluding hydrogens is 394 g/mol. The summed E-state index contributed by atoms with van der Waals surface area (Å²) in [7, 11) is 1.58. The van der Waals surface area contributed by atoms with Crippen LogP contribution in [0.15, 0.2) is 40.9 Å². The fraction of sp³-hybridized carbons (Fsp3) is 0.350. The van der Waals surface area contributed by atoms with Crippen molar-refractivity contribution < 1.29 is 9.47 Å². The van der Waals surface area contributed by atoms with Gasteiger partial charge in [0.05, 0.1) is 25.9 Å². The molecule has 5 nitrogen and oxygen atoms in total. The van der Waals surface area contributed by atoms with Gasteiger partial charge in [0.2, 0.25) is 0 Å². The van der Waals surface area contributed by atoms with Gasteiger partial charge in [-0.15, -0.1) is 0 Å². The molecule has 0 amide bonds. The number of nitrogens with zero attached hydrogens (tertiary/aromatic N) is 2. The van der Waals surface area contributed by atoms with Gasteiger partial charge < -0.3 is 19.7 Å². The van der Waals surface area contributed by atoms with Gasteiger partial charge in [0, 0.05) is 36.3 Å². The molecule has 136 valence electrons. The Balaban J connectivity index is 1.67. The molecule has 0 saturated carbocycles. The van der Waals surface area contributed by atoms with Crippen LogP contribution in [0.25, 0.3) is 0 Å². The van der Waals surface area contributed by atoms with E-state index in [0.717, 1.165) is 42.9 Å². The fourth-order valence-corrected chi connectivity index (χ4v) is 3.43.